The molecule has 0 saturated carbocycles. The van der Waals surface area contributed by atoms with Crippen LogP contribution in [-0.4, -0.2) is 13.1 Å². The Balaban J connectivity index is 2.97. The molecule has 15 heavy (non-hydrogen) atoms. The molecular weight excluding hydrogens is 188 g/mol. The molecule has 2 nitrogen and oxygen atoms in total. The zero-order valence-corrected chi connectivity index (χ0v) is 9.41. The van der Waals surface area contributed by atoms with Crippen molar-refractivity contribution >= 4 is 11.5 Å². The summed E-state index contributed by atoms with van der Waals surface area (Å²) in [6.45, 7) is 4.06. The number of rotatable bonds is 3. The van der Waals surface area contributed by atoms with Gasteiger partial charge >= 0.3 is 5.97 Å². The van der Waals surface area contributed by atoms with E-state index in [1.54, 1.807) is 6.08 Å². The first-order valence-corrected chi connectivity index (χ1v) is 5.03. The summed E-state index contributed by atoms with van der Waals surface area (Å²) in [4.78, 5) is 11.1. The molecular formula is C13H16O2. The lowest BCUT2D eigenvalue weighted by atomic mass is 10.0. The van der Waals surface area contributed by atoms with Crippen molar-refractivity contribution in [3.63, 3.8) is 0 Å². The molecule has 2 heteroatoms. The van der Waals surface area contributed by atoms with Crippen molar-refractivity contribution in [2.75, 3.05) is 7.11 Å². The molecule has 0 spiro atoms. The van der Waals surface area contributed by atoms with Crippen LogP contribution in [0.3, 0.4) is 0 Å². The lowest BCUT2D eigenvalue weighted by molar-refractivity contribution is -0.134. The highest BCUT2D eigenvalue weighted by Gasteiger charge is 2.02. The number of aryl methyl sites for hydroxylation is 1. The third-order valence-corrected chi connectivity index (χ3v) is 2.30. The van der Waals surface area contributed by atoms with Crippen LogP contribution in [0.2, 0.25) is 0 Å². The van der Waals surface area contributed by atoms with Gasteiger partial charge in [-0.25, -0.2) is 4.79 Å². The molecule has 0 heterocycles. The molecule has 80 valence electrons. The summed E-state index contributed by atoms with van der Waals surface area (Å²) >= 11 is 0. The molecule has 0 aliphatic heterocycles. The van der Waals surface area contributed by atoms with E-state index < -0.39 is 0 Å². The second-order valence-electron chi connectivity index (χ2n) is 3.41. The van der Waals surface area contributed by atoms with Crippen LogP contribution >= 0.6 is 0 Å². The molecule has 0 fully saturated rings. The number of hydrogen-bond donors (Lipinski definition) is 0. The largest absolute Gasteiger partial charge is 0.466 e. The van der Waals surface area contributed by atoms with Crippen LogP contribution in [0.25, 0.3) is 5.57 Å². The summed E-state index contributed by atoms with van der Waals surface area (Å²) in [5.41, 5.74) is 3.29. The Morgan fingerprint density at radius 2 is 1.93 bits per heavy atom. The summed E-state index contributed by atoms with van der Waals surface area (Å²) in [6, 6.07) is 8.12. The lowest BCUT2D eigenvalue weighted by Gasteiger charge is -2.04. The van der Waals surface area contributed by atoms with Crippen LogP contribution in [0.15, 0.2) is 30.3 Å². The lowest BCUT2D eigenvalue weighted by Crippen LogP contribution is -1.96. The molecule has 0 aliphatic rings. The number of carbonyl (C=O) groups excluding carboxylic acids is 1. The maximum absolute atomic E-state index is 11.1. The first kappa shape index (κ1) is 11.5. The van der Waals surface area contributed by atoms with E-state index in [9.17, 15) is 4.79 Å². The summed E-state index contributed by atoms with van der Waals surface area (Å²) in [5, 5.41) is 0. The number of ether oxygens (including phenoxy) is 1. The van der Waals surface area contributed by atoms with Gasteiger partial charge in [0.15, 0.2) is 0 Å². The van der Waals surface area contributed by atoms with Crippen molar-refractivity contribution < 1.29 is 9.53 Å². The number of benzene rings is 1. The average Bonchev–Trinajstić information content (AvgIpc) is 2.27. The smallest absolute Gasteiger partial charge is 0.330 e. The zero-order chi connectivity index (χ0) is 11.3. The molecule has 0 aromatic heterocycles. The second kappa shape index (κ2) is 5.35. The van der Waals surface area contributed by atoms with E-state index in [-0.39, 0.29) is 5.97 Å². The molecule has 0 saturated heterocycles. The Labute approximate surface area is 90.6 Å². The van der Waals surface area contributed by atoms with Crippen LogP contribution in [0.1, 0.15) is 24.5 Å². The van der Waals surface area contributed by atoms with Gasteiger partial charge in [-0.05, 0) is 24.5 Å². The highest BCUT2D eigenvalue weighted by atomic mass is 16.5. The predicted molar refractivity (Wildman–Crippen MR) is 61.5 cm³/mol. The van der Waals surface area contributed by atoms with E-state index in [2.05, 4.69) is 4.74 Å². The number of hydrogen-bond acceptors (Lipinski definition) is 2. The van der Waals surface area contributed by atoms with E-state index in [0.717, 1.165) is 17.6 Å². The molecule has 0 bridgehead atoms. The Morgan fingerprint density at radius 3 is 2.40 bits per heavy atom. The molecule has 0 atom stereocenters. The summed E-state index contributed by atoms with van der Waals surface area (Å²) in [5.74, 6) is -0.299. The zero-order valence-electron chi connectivity index (χ0n) is 9.41. The molecule has 0 aliphatic carbocycles. The quantitative estimate of drug-likeness (QED) is 0.559. The minimum absolute atomic E-state index is 0.299. The van der Waals surface area contributed by atoms with Crippen molar-refractivity contribution in [1.82, 2.24) is 0 Å². The topological polar surface area (TPSA) is 26.3 Å². The fraction of sp³-hybridized carbons (Fsp3) is 0.308. The predicted octanol–water partition coefficient (Wildman–Crippen LogP) is 2.96. The van der Waals surface area contributed by atoms with Crippen molar-refractivity contribution in [3.8, 4) is 0 Å². The van der Waals surface area contributed by atoms with Gasteiger partial charge in [0.05, 0.1) is 7.11 Å². The van der Waals surface area contributed by atoms with Gasteiger partial charge in [0.25, 0.3) is 0 Å². The van der Waals surface area contributed by atoms with Gasteiger partial charge in [-0.2, -0.15) is 0 Å². The number of allylic oxidation sites excluding steroid dienone is 1. The number of carbonyl (C=O) groups is 1. The van der Waals surface area contributed by atoms with Crippen LogP contribution in [0.4, 0.5) is 0 Å². The van der Waals surface area contributed by atoms with Crippen LogP contribution in [0.5, 0.6) is 0 Å². The SMILES string of the molecule is CC/C(=C/C(=O)OC)c1ccc(C)cc1. The van der Waals surface area contributed by atoms with E-state index in [1.165, 1.54) is 12.7 Å². The van der Waals surface area contributed by atoms with E-state index in [0.29, 0.717) is 0 Å². The number of esters is 1. The third kappa shape index (κ3) is 3.24. The van der Waals surface area contributed by atoms with Crippen LogP contribution < -0.4 is 0 Å². The Bertz CT molecular complexity index is 361. The Kier molecular flexibility index (Phi) is 4.10. The van der Waals surface area contributed by atoms with E-state index in [4.69, 9.17) is 0 Å². The minimum atomic E-state index is -0.299. The fourth-order valence-corrected chi connectivity index (χ4v) is 1.36. The standard InChI is InChI=1S/C13H16O2/c1-4-11(9-13(14)15-3)12-7-5-10(2)6-8-12/h5-9H,4H2,1-3H3/b11-9-. The van der Waals surface area contributed by atoms with Crippen molar-refractivity contribution in [1.29, 1.82) is 0 Å². The minimum Gasteiger partial charge on any atom is -0.466 e. The van der Waals surface area contributed by atoms with Crippen LogP contribution in [0, 0.1) is 6.92 Å². The first-order valence-electron chi connectivity index (χ1n) is 5.03. The maximum atomic E-state index is 11.1. The molecule has 0 radical (unpaired) electrons. The Hall–Kier alpha value is -1.57. The van der Waals surface area contributed by atoms with Gasteiger partial charge in [-0.15, -0.1) is 0 Å². The molecule has 1 aromatic rings. The van der Waals surface area contributed by atoms with Gasteiger partial charge in [0, 0.05) is 6.08 Å². The normalized spacial score (nSPS) is 11.3. The van der Waals surface area contributed by atoms with E-state index in [1.807, 2.05) is 38.1 Å². The molecule has 0 amide bonds. The van der Waals surface area contributed by atoms with Gasteiger partial charge in [-0.3, -0.25) is 0 Å². The van der Waals surface area contributed by atoms with E-state index >= 15 is 0 Å². The molecule has 0 unspecified atom stereocenters. The van der Waals surface area contributed by atoms with Crippen molar-refractivity contribution in [3.05, 3.63) is 41.5 Å². The van der Waals surface area contributed by atoms with Gasteiger partial charge in [0.1, 0.15) is 0 Å². The highest BCUT2D eigenvalue weighted by Crippen LogP contribution is 2.18. The van der Waals surface area contributed by atoms with Crippen molar-refractivity contribution in [2.45, 2.75) is 20.3 Å². The van der Waals surface area contributed by atoms with Gasteiger partial charge in [-0.1, -0.05) is 36.8 Å². The molecule has 1 rings (SSSR count). The van der Waals surface area contributed by atoms with Gasteiger partial charge < -0.3 is 4.74 Å². The van der Waals surface area contributed by atoms with Gasteiger partial charge in [0.2, 0.25) is 0 Å². The average molecular weight is 204 g/mol. The summed E-state index contributed by atoms with van der Waals surface area (Å²) in [6.07, 6.45) is 2.36. The molecule has 0 N–H and O–H groups in total. The van der Waals surface area contributed by atoms with Crippen LogP contribution in [-0.2, 0) is 9.53 Å². The number of methoxy groups -OCH3 is 1. The maximum Gasteiger partial charge on any atom is 0.330 e. The summed E-state index contributed by atoms with van der Waals surface area (Å²) in [7, 11) is 1.39. The fourth-order valence-electron chi connectivity index (χ4n) is 1.36. The summed E-state index contributed by atoms with van der Waals surface area (Å²) < 4.78 is 4.61. The monoisotopic (exact) mass is 204 g/mol. The third-order valence-electron chi connectivity index (χ3n) is 2.30. The first-order chi connectivity index (χ1) is 7.17. The highest BCUT2D eigenvalue weighted by molar-refractivity contribution is 5.91. The Morgan fingerprint density at radius 1 is 1.33 bits per heavy atom. The van der Waals surface area contributed by atoms with Crippen molar-refractivity contribution in [2.24, 2.45) is 0 Å². The second-order valence-corrected chi connectivity index (χ2v) is 3.41. The molecule has 1 aromatic carbocycles.